The van der Waals surface area contributed by atoms with Crippen molar-refractivity contribution >= 4 is 17.1 Å². The van der Waals surface area contributed by atoms with Gasteiger partial charge in [0.1, 0.15) is 10.8 Å². The van der Waals surface area contributed by atoms with Crippen LogP contribution in [0.1, 0.15) is 24.0 Å². The summed E-state index contributed by atoms with van der Waals surface area (Å²) in [5.41, 5.74) is 0.984. The minimum Gasteiger partial charge on any atom is -0.381 e. The Labute approximate surface area is 88.1 Å². The molecule has 0 aromatic carbocycles. The number of hydrogen-bond donors (Lipinski definition) is 0. The number of rotatable bonds is 5. The number of aromatic nitrogens is 1. The molecule has 0 saturated carbocycles. The quantitative estimate of drug-likeness (QED) is 0.751. The minimum absolute atomic E-state index is 0.00330. The molecule has 4 heteroatoms. The van der Waals surface area contributed by atoms with Crippen molar-refractivity contribution in [1.82, 2.24) is 4.98 Å². The second-order valence-electron chi connectivity index (χ2n) is 3.35. The van der Waals surface area contributed by atoms with Gasteiger partial charge < -0.3 is 4.74 Å². The Kier molecular flexibility index (Phi) is 4.22. The molecule has 0 aliphatic carbocycles. The highest BCUT2D eigenvalue weighted by Gasteiger charge is 2.10. The predicted molar refractivity (Wildman–Crippen MR) is 56.7 cm³/mol. The monoisotopic (exact) mass is 213 g/mol. The van der Waals surface area contributed by atoms with E-state index in [-0.39, 0.29) is 11.9 Å². The van der Waals surface area contributed by atoms with Crippen molar-refractivity contribution in [3.05, 3.63) is 16.1 Å². The molecule has 3 nitrogen and oxygen atoms in total. The van der Waals surface area contributed by atoms with Gasteiger partial charge in [0.15, 0.2) is 0 Å². The molecule has 1 heterocycles. The van der Waals surface area contributed by atoms with Gasteiger partial charge in [-0.15, -0.1) is 11.3 Å². The number of thiazole rings is 1. The first-order valence-electron chi connectivity index (χ1n) is 4.57. The van der Waals surface area contributed by atoms with Crippen LogP contribution in [0.2, 0.25) is 0 Å². The van der Waals surface area contributed by atoms with E-state index in [4.69, 9.17) is 4.74 Å². The fourth-order valence-corrected chi connectivity index (χ4v) is 1.93. The Morgan fingerprint density at radius 2 is 2.43 bits per heavy atom. The normalized spacial score (nSPS) is 12.8. The Morgan fingerprint density at radius 3 is 2.93 bits per heavy atom. The molecular formula is C10H15NO2S. The van der Waals surface area contributed by atoms with Crippen LogP contribution in [0.5, 0.6) is 0 Å². The third-order valence-corrected chi connectivity index (χ3v) is 2.90. The topological polar surface area (TPSA) is 39.2 Å². The molecule has 0 aliphatic rings. The fourth-order valence-electron chi connectivity index (χ4n) is 1.13. The molecule has 0 radical (unpaired) electrons. The van der Waals surface area contributed by atoms with Gasteiger partial charge in [0.05, 0.1) is 12.5 Å². The van der Waals surface area contributed by atoms with Gasteiger partial charge in [-0.3, -0.25) is 4.79 Å². The summed E-state index contributed by atoms with van der Waals surface area (Å²) < 4.78 is 5.03. The highest BCUT2D eigenvalue weighted by atomic mass is 32.1. The van der Waals surface area contributed by atoms with Crippen molar-refractivity contribution in [3.63, 3.8) is 0 Å². The number of carbonyl (C=O) groups is 1. The van der Waals surface area contributed by atoms with Crippen molar-refractivity contribution in [2.45, 2.75) is 32.8 Å². The molecular weight excluding hydrogens is 198 g/mol. The average Bonchev–Trinajstić information content (AvgIpc) is 2.50. The molecule has 0 spiro atoms. The van der Waals surface area contributed by atoms with Gasteiger partial charge in [-0.05, 0) is 13.8 Å². The first-order chi connectivity index (χ1) is 6.61. The molecule has 1 aromatic heterocycles. The molecule has 0 amide bonds. The lowest BCUT2D eigenvalue weighted by Gasteiger charge is -2.06. The summed E-state index contributed by atoms with van der Waals surface area (Å²) in [4.78, 5) is 15.7. The van der Waals surface area contributed by atoms with E-state index in [1.165, 1.54) is 11.3 Å². The van der Waals surface area contributed by atoms with Crippen molar-refractivity contribution in [2.24, 2.45) is 0 Å². The maximum Gasteiger partial charge on any atom is 0.142 e. The predicted octanol–water partition coefficient (Wildman–Crippen LogP) is 1.99. The molecule has 0 bridgehead atoms. The number of methoxy groups -OCH3 is 1. The summed E-state index contributed by atoms with van der Waals surface area (Å²) >= 11 is 1.54. The Hall–Kier alpha value is -0.740. The van der Waals surface area contributed by atoms with E-state index < -0.39 is 0 Å². The summed E-state index contributed by atoms with van der Waals surface area (Å²) in [6, 6.07) is 0. The molecule has 0 aliphatic heterocycles. The largest absolute Gasteiger partial charge is 0.381 e. The zero-order valence-corrected chi connectivity index (χ0v) is 9.56. The maximum atomic E-state index is 11.5. The van der Waals surface area contributed by atoms with E-state index in [1.807, 2.05) is 19.2 Å². The van der Waals surface area contributed by atoms with Crippen LogP contribution in [0.3, 0.4) is 0 Å². The van der Waals surface area contributed by atoms with E-state index in [2.05, 4.69) is 4.98 Å². The second-order valence-corrected chi connectivity index (χ2v) is 4.29. The summed E-state index contributed by atoms with van der Waals surface area (Å²) in [5.74, 6) is 0.189. The zero-order chi connectivity index (χ0) is 10.6. The van der Waals surface area contributed by atoms with Crippen molar-refractivity contribution in [3.8, 4) is 0 Å². The standard InChI is InChI=1S/C10H15NO2S/c1-7-6-14-10(11-7)5-9(12)4-8(2)13-3/h6,8H,4-5H2,1-3H3. The van der Waals surface area contributed by atoms with Gasteiger partial charge in [0.2, 0.25) is 0 Å². The van der Waals surface area contributed by atoms with Gasteiger partial charge in [-0.1, -0.05) is 0 Å². The molecule has 1 unspecified atom stereocenters. The third-order valence-electron chi connectivity index (χ3n) is 1.93. The van der Waals surface area contributed by atoms with Crippen molar-refractivity contribution < 1.29 is 9.53 Å². The van der Waals surface area contributed by atoms with Gasteiger partial charge in [-0.25, -0.2) is 4.98 Å². The van der Waals surface area contributed by atoms with Crippen LogP contribution in [0.15, 0.2) is 5.38 Å². The van der Waals surface area contributed by atoms with Gasteiger partial charge >= 0.3 is 0 Å². The van der Waals surface area contributed by atoms with E-state index in [0.29, 0.717) is 12.8 Å². The highest BCUT2D eigenvalue weighted by Crippen LogP contribution is 2.11. The Balaban J connectivity index is 2.41. The van der Waals surface area contributed by atoms with Crippen LogP contribution in [-0.2, 0) is 16.0 Å². The number of nitrogens with zero attached hydrogens (tertiary/aromatic N) is 1. The van der Waals surface area contributed by atoms with Gasteiger partial charge in [0.25, 0.3) is 0 Å². The molecule has 1 rings (SSSR count). The van der Waals surface area contributed by atoms with Gasteiger partial charge in [0, 0.05) is 24.6 Å². The Bertz CT molecular complexity index is 309. The van der Waals surface area contributed by atoms with Crippen LogP contribution >= 0.6 is 11.3 Å². The first-order valence-corrected chi connectivity index (χ1v) is 5.45. The second kappa shape index (κ2) is 5.22. The molecule has 1 aromatic rings. The SMILES string of the molecule is COC(C)CC(=O)Cc1nc(C)cs1. The molecule has 0 saturated heterocycles. The summed E-state index contributed by atoms with van der Waals surface area (Å²) in [7, 11) is 1.62. The van der Waals surface area contributed by atoms with Crippen LogP contribution in [0.4, 0.5) is 0 Å². The molecule has 0 fully saturated rings. The van der Waals surface area contributed by atoms with Gasteiger partial charge in [-0.2, -0.15) is 0 Å². The highest BCUT2D eigenvalue weighted by molar-refractivity contribution is 7.09. The summed E-state index contributed by atoms with van der Waals surface area (Å²) in [5, 5.41) is 2.86. The first kappa shape index (κ1) is 11.3. The van der Waals surface area contributed by atoms with E-state index in [0.717, 1.165) is 10.7 Å². The Morgan fingerprint density at radius 1 is 1.71 bits per heavy atom. The molecule has 14 heavy (non-hydrogen) atoms. The van der Waals surface area contributed by atoms with Crippen LogP contribution < -0.4 is 0 Å². The molecule has 78 valence electrons. The van der Waals surface area contributed by atoms with E-state index >= 15 is 0 Å². The lowest BCUT2D eigenvalue weighted by molar-refractivity contribution is -0.120. The number of aryl methyl sites for hydroxylation is 1. The number of hydrogen-bond acceptors (Lipinski definition) is 4. The van der Waals surface area contributed by atoms with Crippen LogP contribution in [-0.4, -0.2) is 24.0 Å². The van der Waals surface area contributed by atoms with Crippen LogP contribution in [0.25, 0.3) is 0 Å². The van der Waals surface area contributed by atoms with Crippen LogP contribution in [0, 0.1) is 6.92 Å². The smallest absolute Gasteiger partial charge is 0.142 e. The van der Waals surface area contributed by atoms with Crippen molar-refractivity contribution in [1.29, 1.82) is 0 Å². The molecule has 1 atom stereocenters. The summed E-state index contributed by atoms with van der Waals surface area (Å²) in [6.45, 7) is 3.83. The average molecular weight is 213 g/mol. The number of ketones is 1. The van der Waals surface area contributed by atoms with E-state index in [9.17, 15) is 4.79 Å². The van der Waals surface area contributed by atoms with E-state index in [1.54, 1.807) is 7.11 Å². The number of carbonyl (C=O) groups excluding carboxylic acids is 1. The van der Waals surface area contributed by atoms with Crippen molar-refractivity contribution in [2.75, 3.05) is 7.11 Å². The third kappa shape index (κ3) is 3.55. The summed E-state index contributed by atoms with van der Waals surface area (Å²) in [6.07, 6.45) is 0.907. The fraction of sp³-hybridized carbons (Fsp3) is 0.600. The lowest BCUT2D eigenvalue weighted by atomic mass is 10.1. The molecule has 0 N–H and O–H groups in total. The maximum absolute atomic E-state index is 11.5. The zero-order valence-electron chi connectivity index (χ0n) is 8.74. The lowest BCUT2D eigenvalue weighted by Crippen LogP contribution is -2.13. The number of Topliss-reactive ketones (excluding diaryl/α,β-unsaturated/α-hetero) is 1. The minimum atomic E-state index is 0.00330. The number of ether oxygens (including phenoxy) is 1.